The summed E-state index contributed by atoms with van der Waals surface area (Å²) >= 11 is 0. The number of aliphatic hydroxyl groups excluding tert-OH is 2. The van der Waals surface area contributed by atoms with E-state index in [0.29, 0.717) is 0 Å². The van der Waals surface area contributed by atoms with Crippen LogP contribution in [0.5, 0.6) is 0 Å². The summed E-state index contributed by atoms with van der Waals surface area (Å²) in [6.45, 7) is 7.78. The molecule has 0 aromatic rings. The summed E-state index contributed by atoms with van der Waals surface area (Å²) in [4.78, 5) is 20.1. The smallest absolute Gasteiger partial charge is 0.372 e. The maximum atomic E-state index is 10.2. The van der Waals surface area contributed by atoms with Gasteiger partial charge in [-0.3, -0.25) is 0 Å². The second-order valence-electron chi connectivity index (χ2n) is 2.11. The summed E-state index contributed by atoms with van der Waals surface area (Å²) in [6, 6.07) is 0. The van der Waals surface area contributed by atoms with E-state index in [9.17, 15) is 9.59 Å². The van der Waals surface area contributed by atoms with Gasteiger partial charge in [0.1, 0.15) is 0 Å². The van der Waals surface area contributed by atoms with Crippen molar-refractivity contribution in [1.82, 2.24) is 0 Å². The van der Waals surface area contributed by atoms with Crippen LogP contribution in [-0.2, 0) is 19.1 Å². The van der Waals surface area contributed by atoms with Gasteiger partial charge in [-0.15, -0.1) is 0 Å². The van der Waals surface area contributed by atoms with Crippen LogP contribution in [-0.4, -0.2) is 35.9 Å². The summed E-state index contributed by atoms with van der Waals surface area (Å²) in [5.74, 6) is -2.66. The van der Waals surface area contributed by atoms with Crippen molar-refractivity contribution in [2.24, 2.45) is 0 Å². The van der Waals surface area contributed by atoms with E-state index in [0.717, 1.165) is 0 Å². The van der Waals surface area contributed by atoms with E-state index in [1.807, 2.05) is 0 Å². The fourth-order valence-electron chi connectivity index (χ4n) is 0.332. The second kappa shape index (κ2) is 8.61. The van der Waals surface area contributed by atoms with Crippen LogP contribution >= 0.6 is 0 Å². The molecule has 0 heterocycles. The monoisotopic (exact) mass is 218 g/mol. The molecule has 0 aromatic carbocycles. The van der Waals surface area contributed by atoms with E-state index in [1.165, 1.54) is 7.11 Å². The highest BCUT2D eigenvalue weighted by molar-refractivity contribution is 5.85. The highest BCUT2D eigenvalue weighted by atomic mass is 16.5. The summed E-state index contributed by atoms with van der Waals surface area (Å²) in [5, 5.41) is 16.4. The van der Waals surface area contributed by atoms with Gasteiger partial charge in [0.15, 0.2) is 11.5 Å². The minimum absolute atomic E-state index is 0.262. The molecule has 86 valence electrons. The third-order valence-corrected chi connectivity index (χ3v) is 0.932. The molecule has 0 atom stereocenters. The Morgan fingerprint density at radius 2 is 1.53 bits per heavy atom. The van der Waals surface area contributed by atoms with Crippen LogP contribution in [0, 0.1) is 0 Å². The lowest BCUT2D eigenvalue weighted by atomic mass is 10.6. The first-order valence-corrected chi connectivity index (χ1v) is 3.87. The van der Waals surface area contributed by atoms with Gasteiger partial charge in [0.25, 0.3) is 0 Å². The van der Waals surface area contributed by atoms with Crippen molar-refractivity contribution in [3.05, 3.63) is 24.7 Å². The highest BCUT2D eigenvalue weighted by Crippen LogP contribution is 1.86. The van der Waals surface area contributed by atoms with Gasteiger partial charge in [0.2, 0.25) is 0 Å². The van der Waals surface area contributed by atoms with Gasteiger partial charge in [-0.05, 0) is 20.1 Å². The molecule has 0 radical (unpaired) electrons. The van der Waals surface area contributed by atoms with Gasteiger partial charge in [0, 0.05) is 0 Å². The van der Waals surface area contributed by atoms with Gasteiger partial charge >= 0.3 is 11.9 Å². The van der Waals surface area contributed by atoms with E-state index in [-0.39, 0.29) is 6.61 Å². The Bertz CT molecular complexity index is 255. The fraction of sp³-hybridized carbons (Fsp3) is 0.333. The number of methoxy groups -OCH3 is 1. The Morgan fingerprint density at radius 1 is 1.13 bits per heavy atom. The number of hydrogen-bond donors (Lipinski definition) is 2. The Morgan fingerprint density at radius 3 is 1.60 bits per heavy atom. The SMILES string of the molecule is C=C(O)C(=O)OC.C=C(O)C(=O)OCC. The molecule has 0 aliphatic heterocycles. The van der Waals surface area contributed by atoms with Gasteiger partial charge in [-0.2, -0.15) is 0 Å². The molecule has 0 aliphatic rings. The quantitative estimate of drug-likeness (QED) is 0.414. The van der Waals surface area contributed by atoms with E-state index >= 15 is 0 Å². The Kier molecular flexibility index (Phi) is 8.89. The molecule has 0 fully saturated rings. The molecule has 0 saturated carbocycles. The van der Waals surface area contributed by atoms with Gasteiger partial charge in [-0.1, -0.05) is 0 Å². The number of hydrogen-bond acceptors (Lipinski definition) is 6. The molecule has 2 N–H and O–H groups in total. The number of carbonyl (C=O) groups is 2. The predicted molar refractivity (Wildman–Crippen MR) is 52.2 cm³/mol. The Hall–Kier alpha value is -1.98. The molecule has 0 aliphatic carbocycles. The largest absolute Gasteiger partial charge is 0.502 e. The van der Waals surface area contributed by atoms with Crippen LogP contribution in [0.15, 0.2) is 24.7 Å². The molecule has 0 amide bonds. The lowest BCUT2D eigenvalue weighted by molar-refractivity contribution is -0.141. The number of ether oxygens (including phenoxy) is 2. The standard InChI is InChI=1S/C5H8O3.C4H6O3/c1-3-8-5(7)4(2)6;1-3(5)4(6)7-2/h6H,2-3H2,1H3;5H,1H2,2H3. The van der Waals surface area contributed by atoms with Gasteiger partial charge in [-0.25, -0.2) is 9.59 Å². The minimum Gasteiger partial charge on any atom is -0.502 e. The first kappa shape index (κ1) is 15.5. The average molecular weight is 218 g/mol. The van der Waals surface area contributed by atoms with Gasteiger partial charge in [0.05, 0.1) is 13.7 Å². The van der Waals surface area contributed by atoms with E-state index in [4.69, 9.17) is 10.2 Å². The zero-order valence-electron chi connectivity index (χ0n) is 8.65. The van der Waals surface area contributed by atoms with Crippen molar-refractivity contribution in [3.63, 3.8) is 0 Å². The van der Waals surface area contributed by atoms with Crippen LogP contribution in [0.25, 0.3) is 0 Å². The van der Waals surface area contributed by atoms with Gasteiger partial charge < -0.3 is 19.7 Å². The summed E-state index contributed by atoms with van der Waals surface area (Å²) in [7, 11) is 1.17. The van der Waals surface area contributed by atoms with Crippen molar-refractivity contribution < 1.29 is 29.3 Å². The number of esters is 2. The summed E-state index contributed by atoms with van der Waals surface area (Å²) < 4.78 is 8.34. The Labute approximate surface area is 87.4 Å². The lowest BCUT2D eigenvalue weighted by Gasteiger charge is -1.95. The van der Waals surface area contributed by atoms with E-state index in [1.54, 1.807) is 6.92 Å². The lowest BCUT2D eigenvalue weighted by Crippen LogP contribution is -2.05. The fourth-order valence-corrected chi connectivity index (χ4v) is 0.332. The van der Waals surface area contributed by atoms with Crippen molar-refractivity contribution in [3.8, 4) is 0 Å². The molecule has 0 unspecified atom stereocenters. The first-order chi connectivity index (χ1) is 6.86. The van der Waals surface area contributed by atoms with Crippen LogP contribution in [0.4, 0.5) is 0 Å². The molecule has 0 aromatic heterocycles. The molecular weight excluding hydrogens is 204 g/mol. The minimum atomic E-state index is -0.792. The molecule has 0 bridgehead atoms. The van der Waals surface area contributed by atoms with E-state index < -0.39 is 23.5 Å². The molecule has 6 nitrogen and oxygen atoms in total. The Balaban J connectivity index is 0. The second-order valence-corrected chi connectivity index (χ2v) is 2.11. The molecular formula is C9H14O6. The molecule has 0 spiro atoms. The third kappa shape index (κ3) is 9.94. The van der Waals surface area contributed by atoms with Crippen LogP contribution < -0.4 is 0 Å². The molecule has 6 heteroatoms. The maximum Gasteiger partial charge on any atom is 0.372 e. The van der Waals surface area contributed by atoms with Crippen LogP contribution in [0.2, 0.25) is 0 Å². The number of aliphatic hydroxyl groups is 2. The van der Waals surface area contributed by atoms with Crippen molar-refractivity contribution >= 4 is 11.9 Å². The highest BCUT2D eigenvalue weighted by Gasteiger charge is 2.01. The number of carbonyl (C=O) groups excluding carboxylic acids is 2. The first-order valence-electron chi connectivity index (χ1n) is 3.87. The average Bonchev–Trinajstić information content (AvgIpc) is 2.17. The van der Waals surface area contributed by atoms with E-state index in [2.05, 4.69) is 22.6 Å². The molecule has 0 rings (SSSR count). The van der Waals surface area contributed by atoms with Crippen molar-refractivity contribution in [2.45, 2.75) is 6.92 Å². The summed E-state index contributed by atoms with van der Waals surface area (Å²) in [5.41, 5.74) is 0. The maximum absolute atomic E-state index is 10.2. The van der Waals surface area contributed by atoms with Crippen LogP contribution in [0.3, 0.4) is 0 Å². The van der Waals surface area contributed by atoms with Crippen LogP contribution in [0.1, 0.15) is 6.92 Å². The zero-order valence-corrected chi connectivity index (χ0v) is 8.65. The summed E-state index contributed by atoms with van der Waals surface area (Å²) in [6.07, 6.45) is 0. The number of rotatable bonds is 3. The normalized spacial score (nSPS) is 7.87. The topological polar surface area (TPSA) is 93.1 Å². The predicted octanol–water partition coefficient (Wildman–Crippen LogP) is 0.852. The zero-order chi connectivity index (χ0) is 12.4. The van der Waals surface area contributed by atoms with Crippen molar-refractivity contribution in [1.29, 1.82) is 0 Å². The molecule has 15 heavy (non-hydrogen) atoms. The van der Waals surface area contributed by atoms with Crippen molar-refractivity contribution in [2.75, 3.05) is 13.7 Å². The third-order valence-electron chi connectivity index (χ3n) is 0.932. The molecule has 0 saturated heterocycles.